The van der Waals surface area contributed by atoms with Gasteiger partial charge in [0.15, 0.2) is 11.5 Å². The van der Waals surface area contributed by atoms with E-state index >= 15 is 0 Å². The summed E-state index contributed by atoms with van der Waals surface area (Å²) in [4.78, 5) is 2.21. The molecule has 1 aromatic carbocycles. The van der Waals surface area contributed by atoms with E-state index in [1.807, 2.05) is 12.1 Å². The Morgan fingerprint density at radius 1 is 1.08 bits per heavy atom. The smallest absolute Gasteiger partial charge is 0.203 e. The van der Waals surface area contributed by atoms with Gasteiger partial charge in [0.1, 0.15) is 0 Å². The third kappa shape index (κ3) is 5.74. The second kappa shape index (κ2) is 9.97. The molecule has 0 bridgehead atoms. The number of aliphatic hydroxyl groups excluding tert-OH is 1. The number of ether oxygens (including phenoxy) is 5. The molecule has 2 rings (SSSR count). The molecule has 1 fully saturated rings. The first-order chi connectivity index (χ1) is 12.5. The maximum atomic E-state index is 10.3. The van der Waals surface area contributed by atoms with Crippen LogP contribution in [0.5, 0.6) is 17.2 Å². The molecule has 1 saturated heterocycles. The van der Waals surface area contributed by atoms with Crippen molar-refractivity contribution in [1.29, 1.82) is 0 Å². The van der Waals surface area contributed by atoms with Gasteiger partial charge in [-0.15, -0.1) is 0 Å². The topological polar surface area (TPSA) is 69.6 Å². The summed E-state index contributed by atoms with van der Waals surface area (Å²) in [5.41, 5.74) is 0.889. The van der Waals surface area contributed by atoms with E-state index in [0.29, 0.717) is 30.4 Å². The van der Waals surface area contributed by atoms with Gasteiger partial charge in [-0.05, 0) is 31.5 Å². The van der Waals surface area contributed by atoms with Crippen molar-refractivity contribution in [3.05, 3.63) is 17.7 Å². The van der Waals surface area contributed by atoms with E-state index in [1.165, 1.54) is 0 Å². The number of morpholine rings is 1. The maximum absolute atomic E-state index is 10.3. The molecule has 1 aromatic rings. The van der Waals surface area contributed by atoms with Crippen LogP contribution in [0, 0.1) is 0 Å². The number of benzene rings is 1. The molecule has 1 N–H and O–H groups in total. The van der Waals surface area contributed by atoms with E-state index in [0.717, 1.165) is 18.7 Å². The zero-order valence-electron chi connectivity index (χ0n) is 16.4. The van der Waals surface area contributed by atoms with E-state index in [9.17, 15) is 5.11 Å². The van der Waals surface area contributed by atoms with Crippen LogP contribution < -0.4 is 14.2 Å². The lowest BCUT2D eigenvalue weighted by Crippen LogP contribution is -2.48. The summed E-state index contributed by atoms with van der Waals surface area (Å²) < 4.78 is 27.4. The highest BCUT2D eigenvalue weighted by Crippen LogP contribution is 2.38. The average molecular weight is 369 g/mol. The summed E-state index contributed by atoms with van der Waals surface area (Å²) in [5.74, 6) is 1.72. The van der Waals surface area contributed by atoms with Crippen LogP contribution in [-0.2, 0) is 16.1 Å². The molecule has 7 nitrogen and oxygen atoms in total. The van der Waals surface area contributed by atoms with Gasteiger partial charge in [0.05, 0.1) is 52.9 Å². The number of hydrogen-bond acceptors (Lipinski definition) is 7. The molecular formula is C19H31NO6. The van der Waals surface area contributed by atoms with Crippen molar-refractivity contribution in [3.8, 4) is 17.2 Å². The van der Waals surface area contributed by atoms with Gasteiger partial charge in [0, 0.05) is 19.6 Å². The van der Waals surface area contributed by atoms with Crippen LogP contribution in [-0.4, -0.2) is 75.9 Å². The number of β-amino-alcohol motifs (C(OH)–C–C–N with tert-alkyl or cyclic N) is 1. The number of nitrogens with zero attached hydrogens (tertiary/aromatic N) is 1. The zero-order chi connectivity index (χ0) is 19.1. The number of hydrogen-bond donors (Lipinski definition) is 1. The lowest BCUT2D eigenvalue weighted by Gasteiger charge is -2.36. The van der Waals surface area contributed by atoms with Gasteiger partial charge in [-0.2, -0.15) is 0 Å². The minimum Gasteiger partial charge on any atom is -0.493 e. The lowest BCUT2D eigenvalue weighted by molar-refractivity contribution is -0.0826. The second-order valence-electron chi connectivity index (χ2n) is 6.68. The highest BCUT2D eigenvalue weighted by Gasteiger charge is 2.23. The monoisotopic (exact) mass is 369 g/mol. The molecule has 0 spiro atoms. The molecule has 1 aliphatic heterocycles. The van der Waals surface area contributed by atoms with Crippen molar-refractivity contribution in [1.82, 2.24) is 4.90 Å². The Bertz CT molecular complexity index is 532. The fraction of sp³-hybridized carbons (Fsp3) is 0.684. The molecule has 1 heterocycles. The standard InChI is InChI=1S/C19H31NO6/c1-13-8-20(9-14(2)26-13)10-16(21)12-25-11-15-6-17(22-3)19(24-5)18(7-15)23-4/h6-7,13-14,16,21H,8-12H2,1-5H3. The highest BCUT2D eigenvalue weighted by molar-refractivity contribution is 5.53. The van der Waals surface area contributed by atoms with Crippen molar-refractivity contribution in [3.63, 3.8) is 0 Å². The minimum atomic E-state index is -0.547. The number of methoxy groups -OCH3 is 3. The summed E-state index contributed by atoms with van der Waals surface area (Å²) in [6.45, 7) is 6.95. The summed E-state index contributed by atoms with van der Waals surface area (Å²) in [5, 5.41) is 10.3. The Balaban J connectivity index is 1.85. The van der Waals surface area contributed by atoms with Crippen molar-refractivity contribution in [2.45, 2.75) is 38.8 Å². The predicted octanol–water partition coefficient (Wildman–Crippen LogP) is 1.70. The van der Waals surface area contributed by atoms with Gasteiger partial charge >= 0.3 is 0 Å². The fourth-order valence-electron chi connectivity index (χ4n) is 3.32. The van der Waals surface area contributed by atoms with Gasteiger partial charge < -0.3 is 28.8 Å². The summed E-state index contributed by atoms with van der Waals surface area (Å²) >= 11 is 0. The van der Waals surface area contributed by atoms with Gasteiger partial charge in [-0.3, -0.25) is 4.90 Å². The molecule has 148 valence electrons. The van der Waals surface area contributed by atoms with Crippen molar-refractivity contribution in [2.75, 3.05) is 47.6 Å². The van der Waals surface area contributed by atoms with Crippen LogP contribution >= 0.6 is 0 Å². The SMILES string of the molecule is COc1cc(COCC(O)CN2CC(C)OC(C)C2)cc(OC)c1OC. The van der Waals surface area contributed by atoms with Gasteiger partial charge in [-0.1, -0.05) is 0 Å². The van der Waals surface area contributed by atoms with Gasteiger partial charge in [-0.25, -0.2) is 0 Å². The average Bonchev–Trinajstić information content (AvgIpc) is 2.59. The molecular weight excluding hydrogens is 338 g/mol. The highest BCUT2D eigenvalue weighted by atomic mass is 16.5. The Morgan fingerprint density at radius 3 is 2.15 bits per heavy atom. The molecule has 0 amide bonds. The van der Waals surface area contributed by atoms with Crippen LogP contribution in [0.3, 0.4) is 0 Å². The third-order valence-corrected chi connectivity index (χ3v) is 4.27. The third-order valence-electron chi connectivity index (χ3n) is 4.27. The van der Waals surface area contributed by atoms with E-state index in [-0.39, 0.29) is 18.8 Å². The first-order valence-electron chi connectivity index (χ1n) is 8.89. The predicted molar refractivity (Wildman–Crippen MR) is 98.2 cm³/mol. The quantitative estimate of drug-likeness (QED) is 0.710. The van der Waals surface area contributed by atoms with E-state index in [1.54, 1.807) is 21.3 Å². The Hall–Kier alpha value is -1.54. The molecule has 0 radical (unpaired) electrons. The van der Waals surface area contributed by atoms with E-state index < -0.39 is 6.10 Å². The van der Waals surface area contributed by atoms with Crippen LogP contribution in [0.2, 0.25) is 0 Å². The molecule has 0 aromatic heterocycles. The van der Waals surface area contributed by atoms with Crippen LogP contribution in [0.25, 0.3) is 0 Å². The van der Waals surface area contributed by atoms with Crippen LogP contribution in [0.1, 0.15) is 19.4 Å². The Kier molecular flexibility index (Phi) is 7.96. The Morgan fingerprint density at radius 2 is 1.65 bits per heavy atom. The molecule has 3 unspecified atom stereocenters. The lowest BCUT2D eigenvalue weighted by atomic mass is 10.2. The normalized spacial score (nSPS) is 22.1. The van der Waals surface area contributed by atoms with Crippen molar-refractivity contribution >= 4 is 0 Å². The molecule has 0 aliphatic carbocycles. The zero-order valence-corrected chi connectivity index (χ0v) is 16.4. The van der Waals surface area contributed by atoms with Gasteiger partial charge in [0.2, 0.25) is 5.75 Å². The largest absolute Gasteiger partial charge is 0.493 e. The van der Waals surface area contributed by atoms with Crippen molar-refractivity contribution < 1.29 is 28.8 Å². The molecule has 7 heteroatoms. The van der Waals surface area contributed by atoms with Crippen LogP contribution in [0.15, 0.2) is 12.1 Å². The summed E-state index contributed by atoms with van der Waals surface area (Å²) in [7, 11) is 4.73. The maximum Gasteiger partial charge on any atom is 0.203 e. The number of rotatable bonds is 9. The van der Waals surface area contributed by atoms with E-state index in [4.69, 9.17) is 23.7 Å². The first kappa shape index (κ1) is 20.8. The molecule has 1 aliphatic rings. The second-order valence-corrected chi connectivity index (χ2v) is 6.68. The summed E-state index contributed by atoms with van der Waals surface area (Å²) in [6, 6.07) is 3.69. The number of aliphatic hydroxyl groups is 1. The molecule has 26 heavy (non-hydrogen) atoms. The summed E-state index contributed by atoms with van der Waals surface area (Å²) in [6.07, 6.45) is -0.174. The van der Waals surface area contributed by atoms with E-state index in [2.05, 4.69) is 18.7 Å². The Labute approximate surface area is 155 Å². The fourth-order valence-corrected chi connectivity index (χ4v) is 3.32. The van der Waals surface area contributed by atoms with Gasteiger partial charge in [0.25, 0.3) is 0 Å². The minimum absolute atomic E-state index is 0.186. The van der Waals surface area contributed by atoms with Crippen molar-refractivity contribution in [2.24, 2.45) is 0 Å². The molecule has 0 saturated carbocycles. The van der Waals surface area contributed by atoms with Crippen LogP contribution in [0.4, 0.5) is 0 Å². The first-order valence-corrected chi connectivity index (χ1v) is 8.89. The molecule has 3 atom stereocenters.